The Morgan fingerprint density at radius 2 is 0.576 bits per heavy atom. The van der Waals surface area contributed by atoms with Crippen LogP contribution in [0.25, 0.3) is 33.4 Å². The second-order valence-electron chi connectivity index (χ2n) is 7.39. The van der Waals surface area contributed by atoms with Gasteiger partial charge in [0.2, 0.25) is 0 Å². The molecule has 0 bridgehead atoms. The molecule has 6 nitrogen and oxygen atoms in total. The first-order chi connectivity index (χ1) is 15.8. The average molecular weight is 435 g/mol. The van der Waals surface area contributed by atoms with Gasteiger partial charge < -0.3 is 29.7 Å². The third kappa shape index (κ3) is 4.65. The van der Waals surface area contributed by atoms with E-state index in [1.54, 1.807) is 36.4 Å². The van der Waals surface area contributed by atoms with E-state index in [9.17, 15) is 29.7 Å². The Bertz CT molecular complexity index is 1170. The second kappa shape index (κ2) is 8.80. The highest BCUT2D eigenvalue weighted by molar-refractivity contribution is 5.89. The van der Waals surface area contributed by atoms with Crippen molar-refractivity contribution in [1.82, 2.24) is 0 Å². The Kier molecular flexibility index (Phi) is 5.74. The number of carbonyl (C=O) groups is 3. The van der Waals surface area contributed by atoms with Gasteiger partial charge in [-0.05, 0) is 68.3 Å². The van der Waals surface area contributed by atoms with Crippen molar-refractivity contribution >= 4 is 17.9 Å². The van der Waals surface area contributed by atoms with E-state index in [1.165, 1.54) is 36.4 Å². The molecule has 0 saturated heterocycles. The predicted molar refractivity (Wildman–Crippen MR) is 116 cm³/mol. The highest BCUT2D eigenvalue weighted by atomic mass is 16.4. The molecule has 0 aliphatic rings. The van der Waals surface area contributed by atoms with E-state index < -0.39 is 17.9 Å². The smallest absolute Gasteiger partial charge is 0.0715 e. The molecular formula is C27H15O6-3. The first-order valence-corrected chi connectivity index (χ1v) is 9.92. The summed E-state index contributed by atoms with van der Waals surface area (Å²) in [5.41, 5.74) is 4.85. The van der Waals surface area contributed by atoms with Crippen LogP contribution in [0, 0.1) is 0 Å². The van der Waals surface area contributed by atoms with Crippen molar-refractivity contribution in [1.29, 1.82) is 0 Å². The fourth-order valence-corrected chi connectivity index (χ4v) is 3.52. The van der Waals surface area contributed by atoms with Gasteiger partial charge in [-0.2, -0.15) is 0 Å². The van der Waals surface area contributed by atoms with Crippen LogP contribution in [0.15, 0.2) is 91.0 Å². The molecule has 33 heavy (non-hydrogen) atoms. The van der Waals surface area contributed by atoms with E-state index in [-0.39, 0.29) is 16.7 Å². The number of carbonyl (C=O) groups excluding carboxylic acids is 3. The molecule has 0 aliphatic heterocycles. The standard InChI is InChI=1S/C27H18O6/c28-25(29)19-7-1-16(2-8-19)22-13-23(17-3-9-20(10-4-17)26(30)31)15-24(14-22)18-5-11-21(12-6-18)27(32)33/h1-15H,(H,28,29)(H,30,31)(H,32,33)/p-3. The first-order valence-electron chi connectivity index (χ1n) is 9.92. The molecule has 4 rings (SSSR count). The molecule has 162 valence electrons. The van der Waals surface area contributed by atoms with Crippen LogP contribution >= 0.6 is 0 Å². The van der Waals surface area contributed by atoms with Crippen molar-refractivity contribution in [3.05, 3.63) is 108 Å². The molecule has 0 unspecified atom stereocenters. The largest absolute Gasteiger partial charge is 0.545 e. The molecule has 0 fully saturated rings. The summed E-state index contributed by atoms with van der Waals surface area (Å²) in [6, 6.07) is 24.5. The Morgan fingerprint density at radius 1 is 0.364 bits per heavy atom. The van der Waals surface area contributed by atoms with E-state index >= 15 is 0 Å². The van der Waals surface area contributed by atoms with Gasteiger partial charge in [-0.15, -0.1) is 0 Å². The zero-order valence-corrected chi connectivity index (χ0v) is 17.1. The summed E-state index contributed by atoms with van der Waals surface area (Å²) in [5, 5.41) is 33.2. The zero-order valence-electron chi connectivity index (χ0n) is 17.1. The number of benzene rings is 4. The third-order valence-electron chi connectivity index (χ3n) is 5.29. The summed E-state index contributed by atoms with van der Waals surface area (Å²) in [5.74, 6) is -3.80. The minimum absolute atomic E-state index is 0.0610. The molecule has 0 amide bonds. The van der Waals surface area contributed by atoms with Crippen LogP contribution in [0.4, 0.5) is 0 Å². The fraction of sp³-hybridized carbons (Fsp3) is 0. The van der Waals surface area contributed by atoms with Crippen LogP contribution < -0.4 is 15.3 Å². The summed E-state index contributed by atoms with van der Waals surface area (Å²) < 4.78 is 0. The van der Waals surface area contributed by atoms with Crippen LogP contribution in [-0.2, 0) is 0 Å². The normalized spacial score (nSPS) is 10.5. The van der Waals surface area contributed by atoms with E-state index in [0.717, 1.165) is 33.4 Å². The molecule has 0 aromatic heterocycles. The Morgan fingerprint density at radius 3 is 0.758 bits per heavy atom. The number of rotatable bonds is 6. The number of aromatic carboxylic acids is 3. The zero-order chi connectivity index (χ0) is 23.5. The van der Waals surface area contributed by atoms with Gasteiger partial charge in [0.25, 0.3) is 0 Å². The molecule has 0 saturated carbocycles. The molecule has 4 aromatic rings. The molecule has 0 spiro atoms. The molecule has 0 N–H and O–H groups in total. The van der Waals surface area contributed by atoms with Gasteiger partial charge in [0.15, 0.2) is 0 Å². The Hall–Kier alpha value is -4.71. The predicted octanol–water partition coefficient (Wildman–Crippen LogP) is 1.78. The lowest BCUT2D eigenvalue weighted by Gasteiger charge is -2.13. The lowest BCUT2D eigenvalue weighted by Crippen LogP contribution is -2.21. The third-order valence-corrected chi connectivity index (χ3v) is 5.29. The number of carboxylic acids is 3. The monoisotopic (exact) mass is 435 g/mol. The van der Waals surface area contributed by atoms with Crippen molar-refractivity contribution in [2.24, 2.45) is 0 Å². The maximum Gasteiger partial charge on any atom is 0.0715 e. The first kappa shape index (κ1) is 21.5. The summed E-state index contributed by atoms with van der Waals surface area (Å²) in [7, 11) is 0. The highest BCUT2D eigenvalue weighted by Crippen LogP contribution is 2.33. The number of hydrogen-bond donors (Lipinski definition) is 0. The van der Waals surface area contributed by atoms with Gasteiger partial charge in [-0.3, -0.25) is 0 Å². The molecule has 0 aliphatic carbocycles. The van der Waals surface area contributed by atoms with Crippen LogP contribution in [0.2, 0.25) is 0 Å². The minimum atomic E-state index is -1.27. The van der Waals surface area contributed by atoms with Crippen LogP contribution in [-0.4, -0.2) is 17.9 Å². The van der Waals surface area contributed by atoms with E-state index in [0.29, 0.717) is 0 Å². The number of hydrogen-bond acceptors (Lipinski definition) is 6. The van der Waals surface area contributed by atoms with Crippen LogP contribution in [0.3, 0.4) is 0 Å². The lowest BCUT2D eigenvalue weighted by molar-refractivity contribution is -0.256. The molecule has 0 atom stereocenters. The van der Waals surface area contributed by atoms with Crippen molar-refractivity contribution in [3.63, 3.8) is 0 Å². The van der Waals surface area contributed by atoms with E-state index in [1.807, 2.05) is 18.2 Å². The maximum absolute atomic E-state index is 11.1. The second-order valence-corrected chi connectivity index (χ2v) is 7.39. The molecule has 0 heterocycles. The minimum Gasteiger partial charge on any atom is -0.545 e. The molecular weight excluding hydrogens is 420 g/mol. The van der Waals surface area contributed by atoms with Gasteiger partial charge in [-0.25, -0.2) is 0 Å². The van der Waals surface area contributed by atoms with Gasteiger partial charge in [-0.1, -0.05) is 72.8 Å². The van der Waals surface area contributed by atoms with Gasteiger partial charge in [0, 0.05) is 0 Å². The van der Waals surface area contributed by atoms with Crippen LogP contribution in [0.1, 0.15) is 31.1 Å². The summed E-state index contributed by atoms with van der Waals surface area (Å²) >= 11 is 0. The van der Waals surface area contributed by atoms with Crippen molar-refractivity contribution < 1.29 is 29.7 Å². The maximum atomic E-state index is 11.1. The average Bonchev–Trinajstić information content (AvgIpc) is 2.84. The molecule has 6 heteroatoms. The SMILES string of the molecule is O=C([O-])c1ccc(-c2cc(-c3ccc(C(=O)[O-])cc3)cc(-c3ccc(C(=O)[O-])cc3)c2)cc1. The van der Waals surface area contributed by atoms with Gasteiger partial charge in [0.05, 0.1) is 17.9 Å². The lowest BCUT2D eigenvalue weighted by atomic mass is 9.92. The summed E-state index contributed by atoms with van der Waals surface area (Å²) in [6.45, 7) is 0. The summed E-state index contributed by atoms with van der Waals surface area (Å²) in [4.78, 5) is 33.2. The number of carboxylic acid groups (broad SMARTS) is 3. The van der Waals surface area contributed by atoms with E-state index in [4.69, 9.17) is 0 Å². The van der Waals surface area contributed by atoms with Crippen molar-refractivity contribution in [2.45, 2.75) is 0 Å². The quantitative estimate of drug-likeness (QED) is 0.455. The fourth-order valence-electron chi connectivity index (χ4n) is 3.52. The van der Waals surface area contributed by atoms with E-state index in [2.05, 4.69) is 0 Å². The van der Waals surface area contributed by atoms with Crippen molar-refractivity contribution in [3.8, 4) is 33.4 Å². The Labute approximate surface area is 189 Å². The van der Waals surface area contributed by atoms with Gasteiger partial charge in [0.1, 0.15) is 0 Å². The molecule has 0 radical (unpaired) electrons. The highest BCUT2D eigenvalue weighted by Gasteiger charge is 2.09. The Balaban J connectivity index is 1.84. The topological polar surface area (TPSA) is 120 Å². The molecule has 4 aromatic carbocycles. The van der Waals surface area contributed by atoms with Crippen LogP contribution in [0.5, 0.6) is 0 Å². The van der Waals surface area contributed by atoms with Gasteiger partial charge >= 0.3 is 0 Å². The summed E-state index contributed by atoms with van der Waals surface area (Å²) in [6.07, 6.45) is 0. The van der Waals surface area contributed by atoms with Crippen molar-refractivity contribution in [2.75, 3.05) is 0 Å².